The van der Waals surface area contributed by atoms with Gasteiger partial charge < -0.3 is 10.6 Å². The van der Waals surface area contributed by atoms with Crippen LogP contribution in [0.3, 0.4) is 0 Å². The lowest BCUT2D eigenvalue weighted by Crippen LogP contribution is -2.61. The Bertz CT molecular complexity index is 1580. The number of nitrogens with zero attached hydrogens (tertiary/aromatic N) is 3. The van der Waals surface area contributed by atoms with Crippen molar-refractivity contribution < 1.29 is 31.2 Å². The zero-order chi connectivity index (χ0) is 25.8. The number of carbonyl (C=O) groups excluding carboxylic acids is 2. The average molecular weight is 531 g/mol. The Labute approximate surface area is 196 Å². The summed E-state index contributed by atoms with van der Waals surface area (Å²) in [5, 5.41) is 10.2. The van der Waals surface area contributed by atoms with Crippen LogP contribution in [0.1, 0.15) is 12.5 Å². The molecule has 0 saturated heterocycles. The van der Waals surface area contributed by atoms with Gasteiger partial charge in [0.15, 0.2) is 0 Å². The van der Waals surface area contributed by atoms with Crippen molar-refractivity contribution in [2.75, 3.05) is 10.6 Å². The highest BCUT2D eigenvalue weighted by atomic mass is 32.2. The largest absolute Gasteiger partial charge is 0.421 e. The Morgan fingerprint density at radius 1 is 1.14 bits per heavy atom. The first-order chi connectivity index (χ1) is 16.3. The number of hydrogen-bond donors (Lipinski definition) is 4. The molecule has 0 bridgehead atoms. The number of rotatable bonds is 5. The molecule has 13 nitrogen and oxygen atoms in total. The molecule has 3 aromatic rings. The maximum atomic E-state index is 14.5. The second-order valence-corrected chi connectivity index (χ2v) is 9.85. The molecule has 0 fully saturated rings. The normalized spacial score (nSPS) is 17.7. The molecule has 1 atom stereocenters. The molecule has 3 heterocycles. The first-order valence-corrected chi connectivity index (χ1v) is 11.6. The lowest BCUT2D eigenvalue weighted by atomic mass is 9.93. The molecular formula is C17H12F3N7O6S2. The van der Waals surface area contributed by atoms with E-state index in [2.05, 4.69) is 15.5 Å². The maximum Gasteiger partial charge on any atom is 0.421 e. The van der Waals surface area contributed by atoms with Gasteiger partial charge in [0.1, 0.15) is 5.82 Å². The van der Waals surface area contributed by atoms with Crippen LogP contribution in [0.5, 0.6) is 0 Å². The molecule has 1 unspecified atom stereocenters. The minimum absolute atomic E-state index is 0.0183. The standard InChI is InChI=1S/C17H12F3N7O6S2/c1-7(28)21-13-24-25-15(34-13)35(32,33)26-16(17(18,19)20)9-10(22-12(16)30)27(14(31)23-11(9)29)8-5-3-2-4-6-8/h2-6,26H,1H3,(H,22,30)(H,21,24,28)(H,23,29,31). The van der Waals surface area contributed by atoms with E-state index in [-0.39, 0.29) is 22.2 Å². The highest BCUT2D eigenvalue weighted by Gasteiger charge is 2.69. The van der Waals surface area contributed by atoms with Crippen LogP contribution in [-0.2, 0) is 25.2 Å². The quantitative estimate of drug-likeness (QED) is 0.332. The molecule has 1 aromatic carbocycles. The van der Waals surface area contributed by atoms with Crippen LogP contribution in [0.2, 0.25) is 0 Å². The number of H-pyrrole nitrogens is 1. The van der Waals surface area contributed by atoms with E-state index in [9.17, 15) is 40.8 Å². The molecule has 2 aromatic heterocycles. The Hall–Kier alpha value is -3.90. The Kier molecular flexibility index (Phi) is 5.61. The van der Waals surface area contributed by atoms with Gasteiger partial charge in [0, 0.05) is 6.92 Å². The van der Waals surface area contributed by atoms with E-state index >= 15 is 0 Å². The van der Waals surface area contributed by atoms with Crippen LogP contribution in [0, 0.1) is 0 Å². The topological polar surface area (TPSA) is 185 Å². The fraction of sp³-hybridized carbons (Fsp3) is 0.176. The molecule has 0 saturated carbocycles. The van der Waals surface area contributed by atoms with Crippen molar-refractivity contribution in [2.24, 2.45) is 0 Å². The number of alkyl halides is 3. The number of para-hydroxylation sites is 1. The third kappa shape index (κ3) is 3.90. The molecule has 4 N–H and O–H groups in total. The van der Waals surface area contributed by atoms with Crippen molar-refractivity contribution in [3.63, 3.8) is 0 Å². The number of anilines is 2. The van der Waals surface area contributed by atoms with Gasteiger partial charge in [-0.2, -0.15) is 17.9 Å². The Balaban J connectivity index is 1.95. The molecule has 0 aliphatic carbocycles. The van der Waals surface area contributed by atoms with E-state index in [4.69, 9.17) is 0 Å². The van der Waals surface area contributed by atoms with Gasteiger partial charge in [0.05, 0.1) is 11.3 Å². The number of sulfonamides is 1. The number of amides is 2. The smallest absolute Gasteiger partial charge is 0.309 e. The molecular weight excluding hydrogens is 519 g/mol. The van der Waals surface area contributed by atoms with Gasteiger partial charge in [-0.1, -0.05) is 29.5 Å². The first kappa shape index (κ1) is 24.2. The summed E-state index contributed by atoms with van der Waals surface area (Å²) < 4.78 is 69.9. The third-order valence-electron chi connectivity index (χ3n) is 4.70. The number of aromatic amines is 1. The summed E-state index contributed by atoms with van der Waals surface area (Å²) in [5.74, 6) is -3.50. The summed E-state index contributed by atoms with van der Waals surface area (Å²) in [7, 11) is -5.26. The van der Waals surface area contributed by atoms with Gasteiger partial charge in [0.25, 0.3) is 21.5 Å². The van der Waals surface area contributed by atoms with Crippen LogP contribution in [0.25, 0.3) is 5.69 Å². The van der Waals surface area contributed by atoms with Gasteiger partial charge in [0.2, 0.25) is 20.9 Å². The van der Waals surface area contributed by atoms with Crippen molar-refractivity contribution in [1.29, 1.82) is 0 Å². The lowest BCUT2D eigenvalue weighted by Gasteiger charge is -2.29. The molecule has 4 rings (SSSR count). The molecule has 184 valence electrons. The van der Waals surface area contributed by atoms with Crippen molar-refractivity contribution in [1.82, 2.24) is 24.5 Å². The van der Waals surface area contributed by atoms with E-state index in [1.807, 2.05) is 5.32 Å². The van der Waals surface area contributed by atoms with Gasteiger partial charge in [-0.15, -0.1) is 10.2 Å². The summed E-state index contributed by atoms with van der Waals surface area (Å²) in [5.41, 5.74) is -8.36. The van der Waals surface area contributed by atoms with Crippen LogP contribution in [0.15, 0.2) is 44.3 Å². The number of nitrogens with one attached hydrogen (secondary N) is 4. The zero-order valence-electron chi connectivity index (χ0n) is 17.1. The first-order valence-electron chi connectivity index (χ1n) is 9.26. The van der Waals surface area contributed by atoms with E-state index in [1.54, 1.807) is 11.1 Å². The molecule has 18 heteroatoms. The number of halogens is 3. The highest BCUT2D eigenvalue weighted by Crippen LogP contribution is 2.46. The van der Waals surface area contributed by atoms with Gasteiger partial charge in [-0.3, -0.25) is 19.4 Å². The monoisotopic (exact) mass is 531 g/mol. The van der Waals surface area contributed by atoms with Crippen LogP contribution < -0.4 is 26.6 Å². The Morgan fingerprint density at radius 3 is 2.40 bits per heavy atom. The van der Waals surface area contributed by atoms with Gasteiger partial charge in [-0.05, 0) is 12.1 Å². The number of hydrogen-bond acceptors (Lipinski definition) is 9. The molecule has 1 aliphatic rings. The van der Waals surface area contributed by atoms with Crippen LogP contribution in [0.4, 0.5) is 24.1 Å². The summed E-state index contributed by atoms with van der Waals surface area (Å²) in [6.45, 7) is 1.07. The SMILES string of the molecule is CC(=O)Nc1nnc(S(=O)(=O)NC2(C(F)(F)F)C(=O)Nc3c2c(=O)[nH]c(=O)n3-c2ccccc2)s1. The minimum Gasteiger partial charge on any atom is -0.309 e. The fourth-order valence-corrected chi connectivity index (χ4v) is 5.60. The van der Waals surface area contributed by atoms with E-state index in [1.165, 1.54) is 29.0 Å². The maximum absolute atomic E-state index is 14.5. The predicted molar refractivity (Wildman–Crippen MR) is 114 cm³/mol. The summed E-state index contributed by atoms with van der Waals surface area (Å²) in [6, 6.07) is 7.06. The van der Waals surface area contributed by atoms with Crippen molar-refractivity contribution >= 4 is 44.1 Å². The Morgan fingerprint density at radius 2 is 1.80 bits per heavy atom. The molecule has 2 amide bonds. The molecule has 0 radical (unpaired) electrons. The van der Waals surface area contributed by atoms with Gasteiger partial charge >= 0.3 is 11.9 Å². The van der Waals surface area contributed by atoms with Crippen molar-refractivity contribution in [3.05, 3.63) is 56.7 Å². The van der Waals surface area contributed by atoms with Crippen molar-refractivity contribution in [2.45, 2.75) is 23.0 Å². The molecule has 0 spiro atoms. The molecule has 1 aliphatic heterocycles. The predicted octanol–water partition coefficient (Wildman–Crippen LogP) is 0.0239. The number of benzene rings is 1. The zero-order valence-corrected chi connectivity index (χ0v) is 18.8. The second-order valence-electron chi connectivity index (χ2n) is 7.02. The van der Waals surface area contributed by atoms with Crippen LogP contribution >= 0.6 is 11.3 Å². The average Bonchev–Trinajstić information content (AvgIpc) is 3.32. The lowest BCUT2D eigenvalue weighted by molar-refractivity contribution is -0.194. The van der Waals surface area contributed by atoms with Gasteiger partial charge in [-0.25, -0.2) is 17.8 Å². The minimum atomic E-state index is -5.70. The third-order valence-corrected chi connectivity index (χ3v) is 7.36. The fourth-order valence-electron chi connectivity index (χ4n) is 3.33. The summed E-state index contributed by atoms with van der Waals surface area (Å²) in [6.07, 6.45) is -5.70. The van der Waals surface area contributed by atoms with Crippen molar-refractivity contribution in [3.8, 4) is 5.69 Å². The summed E-state index contributed by atoms with van der Waals surface area (Å²) >= 11 is 0.205. The van der Waals surface area contributed by atoms with Crippen LogP contribution in [-0.4, -0.2) is 46.2 Å². The number of fused-ring (bicyclic) bond motifs is 1. The number of carbonyl (C=O) groups is 2. The molecule has 35 heavy (non-hydrogen) atoms. The van der Waals surface area contributed by atoms with E-state index in [0.717, 1.165) is 6.92 Å². The highest BCUT2D eigenvalue weighted by molar-refractivity contribution is 7.91. The number of aromatic nitrogens is 4. The summed E-state index contributed by atoms with van der Waals surface area (Å²) in [4.78, 5) is 50.7. The van der Waals surface area contributed by atoms with E-state index < -0.39 is 60.5 Å². The van der Waals surface area contributed by atoms with E-state index in [0.29, 0.717) is 4.57 Å². The second kappa shape index (κ2) is 8.10.